The number of halogens is 1. The van der Waals surface area contributed by atoms with Crippen molar-refractivity contribution < 1.29 is 0 Å². The molecule has 0 bridgehead atoms. The summed E-state index contributed by atoms with van der Waals surface area (Å²) in [7, 11) is 0. The van der Waals surface area contributed by atoms with Gasteiger partial charge in [-0.15, -0.1) is 0 Å². The number of aryl methyl sites for hydroxylation is 2. The van der Waals surface area contributed by atoms with E-state index in [9.17, 15) is 0 Å². The summed E-state index contributed by atoms with van der Waals surface area (Å²) in [6, 6.07) is 17.4. The molecular weight excluding hydrogens is 278 g/mol. The molecule has 0 heterocycles. The molecule has 2 aromatic carbocycles. The summed E-state index contributed by atoms with van der Waals surface area (Å²) in [4.78, 5) is 0. The summed E-state index contributed by atoms with van der Waals surface area (Å²) in [5, 5.41) is 4.40. The van der Waals surface area contributed by atoms with E-state index in [1.165, 1.54) is 23.1 Å². The maximum Gasteiger partial charge on any atom is 0.0406 e. The standard InChI is InChI=1S/C19H24ClN/c1-15-4-3-5-18(14-15)7-6-16(2)21-13-12-17-8-10-19(20)11-9-17/h3-5,8-11,14,16,21H,6-7,12-13H2,1-2H3. The first-order chi connectivity index (χ1) is 10.1. The van der Waals surface area contributed by atoms with Crippen molar-refractivity contribution in [3.8, 4) is 0 Å². The topological polar surface area (TPSA) is 12.0 Å². The maximum atomic E-state index is 5.89. The molecule has 0 aliphatic heterocycles. The highest BCUT2D eigenvalue weighted by atomic mass is 35.5. The lowest BCUT2D eigenvalue weighted by Crippen LogP contribution is -2.28. The Morgan fingerprint density at radius 1 is 1.00 bits per heavy atom. The van der Waals surface area contributed by atoms with Gasteiger partial charge in [-0.2, -0.15) is 0 Å². The van der Waals surface area contributed by atoms with E-state index < -0.39 is 0 Å². The lowest BCUT2D eigenvalue weighted by Gasteiger charge is -2.14. The van der Waals surface area contributed by atoms with Crippen molar-refractivity contribution in [2.24, 2.45) is 0 Å². The molecule has 0 radical (unpaired) electrons. The van der Waals surface area contributed by atoms with Crippen molar-refractivity contribution in [1.29, 1.82) is 0 Å². The van der Waals surface area contributed by atoms with E-state index in [2.05, 4.69) is 55.6 Å². The molecule has 0 spiro atoms. The van der Waals surface area contributed by atoms with Crippen LogP contribution >= 0.6 is 11.6 Å². The zero-order valence-corrected chi connectivity index (χ0v) is 13.7. The normalized spacial score (nSPS) is 12.3. The predicted molar refractivity (Wildman–Crippen MR) is 92.1 cm³/mol. The number of benzene rings is 2. The van der Waals surface area contributed by atoms with Gasteiger partial charge in [0, 0.05) is 11.1 Å². The van der Waals surface area contributed by atoms with E-state index in [0.717, 1.165) is 24.4 Å². The minimum absolute atomic E-state index is 0.540. The molecule has 112 valence electrons. The van der Waals surface area contributed by atoms with Crippen LogP contribution in [0.5, 0.6) is 0 Å². The Bertz CT molecular complexity index is 548. The van der Waals surface area contributed by atoms with E-state index in [-0.39, 0.29) is 0 Å². The van der Waals surface area contributed by atoms with Crippen molar-refractivity contribution in [1.82, 2.24) is 5.32 Å². The average Bonchev–Trinajstić information content (AvgIpc) is 2.47. The van der Waals surface area contributed by atoms with E-state index in [0.29, 0.717) is 6.04 Å². The van der Waals surface area contributed by atoms with E-state index in [1.54, 1.807) is 0 Å². The van der Waals surface area contributed by atoms with Crippen LogP contribution in [0.2, 0.25) is 5.02 Å². The lowest BCUT2D eigenvalue weighted by atomic mass is 10.0. The van der Waals surface area contributed by atoms with Gasteiger partial charge in [-0.1, -0.05) is 53.6 Å². The van der Waals surface area contributed by atoms with Gasteiger partial charge in [-0.25, -0.2) is 0 Å². The first-order valence-electron chi connectivity index (χ1n) is 7.67. The molecule has 21 heavy (non-hydrogen) atoms. The number of hydrogen-bond donors (Lipinski definition) is 1. The van der Waals surface area contributed by atoms with E-state index >= 15 is 0 Å². The fraction of sp³-hybridized carbons (Fsp3) is 0.368. The van der Waals surface area contributed by atoms with Gasteiger partial charge < -0.3 is 5.32 Å². The maximum absolute atomic E-state index is 5.89. The van der Waals surface area contributed by atoms with Gasteiger partial charge in [-0.05, 0) is 62.9 Å². The molecule has 2 heteroatoms. The molecule has 0 aliphatic rings. The molecular formula is C19H24ClN. The van der Waals surface area contributed by atoms with E-state index in [4.69, 9.17) is 11.6 Å². The smallest absolute Gasteiger partial charge is 0.0406 e. The van der Waals surface area contributed by atoms with Crippen LogP contribution < -0.4 is 5.32 Å². The van der Waals surface area contributed by atoms with Crippen molar-refractivity contribution in [3.63, 3.8) is 0 Å². The summed E-state index contributed by atoms with van der Waals surface area (Å²) < 4.78 is 0. The van der Waals surface area contributed by atoms with Gasteiger partial charge in [0.1, 0.15) is 0 Å². The van der Waals surface area contributed by atoms with Crippen molar-refractivity contribution >= 4 is 11.6 Å². The molecule has 2 aromatic rings. The first kappa shape index (κ1) is 16.1. The average molecular weight is 302 g/mol. The van der Waals surface area contributed by atoms with Gasteiger partial charge in [0.15, 0.2) is 0 Å². The van der Waals surface area contributed by atoms with Crippen molar-refractivity contribution in [3.05, 3.63) is 70.2 Å². The molecule has 0 saturated heterocycles. The predicted octanol–water partition coefficient (Wildman–Crippen LogP) is 4.80. The molecule has 0 aromatic heterocycles. The Morgan fingerprint density at radius 3 is 2.48 bits per heavy atom. The summed E-state index contributed by atoms with van der Waals surface area (Å²) in [5.41, 5.74) is 4.11. The van der Waals surface area contributed by atoms with Crippen LogP contribution in [0.15, 0.2) is 48.5 Å². The third-order valence-electron chi connectivity index (χ3n) is 3.77. The minimum Gasteiger partial charge on any atom is -0.314 e. The zero-order chi connectivity index (χ0) is 15.1. The lowest BCUT2D eigenvalue weighted by molar-refractivity contribution is 0.517. The summed E-state index contributed by atoms with van der Waals surface area (Å²) in [5.74, 6) is 0. The molecule has 1 atom stereocenters. The highest BCUT2D eigenvalue weighted by Crippen LogP contribution is 2.10. The highest BCUT2D eigenvalue weighted by Gasteiger charge is 2.02. The van der Waals surface area contributed by atoms with Crippen LogP contribution in [0.4, 0.5) is 0 Å². The molecule has 0 saturated carbocycles. The van der Waals surface area contributed by atoms with Gasteiger partial charge in [0.25, 0.3) is 0 Å². The highest BCUT2D eigenvalue weighted by molar-refractivity contribution is 6.30. The summed E-state index contributed by atoms with van der Waals surface area (Å²) in [6.45, 7) is 5.42. The van der Waals surface area contributed by atoms with Crippen LogP contribution in [0, 0.1) is 6.92 Å². The Morgan fingerprint density at radius 2 is 1.76 bits per heavy atom. The van der Waals surface area contributed by atoms with Crippen LogP contribution in [0.3, 0.4) is 0 Å². The largest absolute Gasteiger partial charge is 0.314 e. The van der Waals surface area contributed by atoms with Crippen molar-refractivity contribution in [2.75, 3.05) is 6.54 Å². The number of hydrogen-bond acceptors (Lipinski definition) is 1. The van der Waals surface area contributed by atoms with Crippen molar-refractivity contribution in [2.45, 2.75) is 39.2 Å². The molecule has 0 fully saturated rings. The summed E-state index contributed by atoms with van der Waals surface area (Å²) >= 11 is 5.89. The van der Waals surface area contributed by atoms with Crippen LogP contribution in [-0.2, 0) is 12.8 Å². The third-order valence-corrected chi connectivity index (χ3v) is 4.02. The molecule has 0 amide bonds. The fourth-order valence-corrected chi connectivity index (χ4v) is 2.59. The quantitative estimate of drug-likeness (QED) is 0.774. The Hall–Kier alpha value is -1.31. The third kappa shape index (κ3) is 5.91. The molecule has 1 unspecified atom stereocenters. The first-order valence-corrected chi connectivity index (χ1v) is 8.04. The van der Waals surface area contributed by atoms with Gasteiger partial charge in [-0.3, -0.25) is 0 Å². The number of rotatable bonds is 7. The SMILES string of the molecule is Cc1cccc(CCC(C)NCCc2ccc(Cl)cc2)c1. The molecule has 1 nitrogen and oxygen atoms in total. The van der Waals surface area contributed by atoms with Gasteiger partial charge >= 0.3 is 0 Å². The molecule has 0 aliphatic carbocycles. The van der Waals surface area contributed by atoms with Gasteiger partial charge in [0.2, 0.25) is 0 Å². The zero-order valence-electron chi connectivity index (χ0n) is 12.9. The van der Waals surface area contributed by atoms with E-state index in [1.807, 2.05) is 12.1 Å². The fourth-order valence-electron chi connectivity index (χ4n) is 2.47. The Kier molecular flexibility index (Phi) is 6.28. The Balaban J connectivity index is 1.67. The monoisotopic (exact) mass is 301 g/mol. The molecule has 1 N–H and O–H groups in total. The second-order valence-electron chi connectivity index (χ2n) is 5.76. The van der Waals surface area contributed by atoms with Crippen LogP contribution in [0.1, 0.15) is 30.0 Å². The number of nitrogens with one attached hydrogen (secondary N) is 1. The minimum atomic E-state index is 0.540. The summed E-state index contributed by atoms with van der Waals surface area (Å²) in [6.07, 6.45) is 3.35. The van der Waals surface area contributed by atoms with Gasteiger partial charge in [0.05, 0.1) is 0 Å². The second kappa shape index (κ2) is 8.21. The Labute approximate surface area is 133 Å². The molecule has 2 rings (SSSR count). The van der Waals surface area contributed by atoms with Crippen LogP contribution in [-0.4, -0.2) is 12.6 Å². The van der Waals surface area contributed by atoms with Crippen LogP contribution in [0.25, 0.3) is 0 Å². The second-order valence-corrected chi connectivity index (χ2v) is 6.20.